The Labute approximate surface area is 192 Å². The van der Waals surface area contributed by atoms with Crippen molar-refractivity contribution in [2.24, 2.45) is 17.8 Å². The zero-order chi connectivity index (χ0) is 22.6. The number of benzene rings is 1. The number of hydrogen-bond acceptors (Lipinski definition) is 4. The first-order valence-electron chi connectivity index (χ1n) is 12.2. The molecule has 4 rings (SSSR count). The molecule has 3 saturated heterocycles. The molecule has 0 radical (unpaired) electrons. The van der Waals surface area contributed by atoms with Gasteiger partial charge in [0.1, 0.15) is 5.75 Å². The standard InChI is InChI=1S/C24H37N3O4S/c1-20-7-14-26(15-8-20)32(29,30)27-16-10-22(11-17-27)24(28)25-13-9-21(19-25)12-18-31-23-5-3-2-4-6-23/h2-6,20-22H,7-19H2,1H3. The van der Waals surface area contributed by atoms with Crippen molar-refractivity contribution in [3.63, 3.8) is 0 Å². The summed E-state index contributed by atoms with van der Waals surface area (Å²) >= 11 is 0. The van der Waals surface area contributed by atoms with Gasteiger partial charge in [0.15, 0.2) is 0 Å². The molecule has 0 bridgehead atoms. The third-order valence-electron chi connectivity index (χ3n) is 7.33. The van der Waals surface area contributed by atoms with Gasteiger partial charge in [-0.15, -0.1) is 0 Å². The summed E-state index contributed by atoms with van der Waals surface area (Å²) in [5, 5.41) is 0. The minimum Gasteiger partial charge on any atom is -0.494 e. The van der Waals surface area contributed by atoms with Gasteiger partial charge in [-0.2, -0.15) is 17.0 Å². The second-order valence-electron chi connectivity index (χ2n) is 9.65. The van der Waals surface area contributed by atoms with E-state index in [1.807, 2.05) is 35.2 Å². The highest BCUT2D eigenvalue weighted by Crippen LogP contribution is 2.28. The molecule has 1 aromatic carbocycles. The Morgan fingerprint density at radius 2 is 1.56 bits per heavy atom. The highest BCUT2D eigenvalue weighted by molar-refractivity contribution is 7.86. The van der Waals surface area contributed by atoms with Gasteiger partial charge in [0, 0.05) is 45.2 Å². The molecule has 178 valence electrons. The highest BCUT2D eigenvalue weighted by atomic mass is 32.2. The van der Waals surface area contributed by atoms with Crippen LogP contribution in [0.5, 0.6) is 5.75 Å². The summed E-state index contributed by atoms with van der Waals surface area (Å²) in [6, 6.07) is 9.83. The van der Waals surface area contributed by atoms with Gasteiger partial charge in [-0.25, -0.2) is 0 Å². The minimum atomic E-state index is -3.39. The number of rotatable bonds is 7. The van der Waals surface area contributed by atoms with Crippen molar-refractivity contribution in [2.45, 2.75) is 45.4 Å². The van der Waals surface area contributed by atoms with Crippen molar-refractivity contribution in [3.8, 4) is 5.75 Å². The van der Waals surface area contributed by atoms with Gasteiger partial charge in [-0.05, 0) is 62.5 Å². The zero-order valence-electron chi connectivity index (χ0n) is 19.2. The van der Waals surface area contributed by atoms with Crippen LogP contribution in [0.4, 0.5) is 0 Å². The van der Waals surface area contributed by atoms with E-state index in [1.165, 1.54) is 0 Å². The normalized spacial score (nSPS) is 24.7. The number of carbonyl (C=O) groups excluding carboxylic acids is 1. The van der Waals surface area contributed by atoms with Crippen LogP contribution < -0.4 is 4.74 Å². The van der Waals surface area contributed by atoms with Crippen LogP contribution in [0.3, 0.4) is 0 Å². The quantitative estimate of drug-likeness (QED) is 0.623. The van der Waals surface area contributed by atoms with E-state index in [1.54, 1.807) is 8.61 Å². The van der Waals surface area contributed by atoms with E-state index >= 15 is 0 Å². The fourth-order valence-electron chi connectivity index (χ4n) is 5.10. The van der Waals surface area contributed by atoms with Crippen LogP contribution >= 0.6 is 0 Å². The Morgan fingerprint density at radius 3 is 2.22 bits per heavy atom. The van der Waals surface area contributed by atoms with Crippen LogP contribution in [0, 0.1) is 17.8 Å². The molecule has 0 N–H and O–H groups in total. The Morgan fingerprint density at radius 1 is 0.938 bits per heavy atom. The third-order valence-corrected chi connectivity index (χ3v) is 9.37. The number of piperidine rings is 2. The zero-order valence-corrected chi connectivity index (χ0v) is 20.0. The summed E-state index contributed by atoms with van der Waals surface area (Å²) in [7, 11) is -3.39. The van der Waals surface area contributed by atoms with Crippen molar-refractivity contribution < 1.29 is 17.9 Å². The molecule has 0 aliphatic carbocycles. The van der Waals surface area contributed by atoms with E-state index < -0.39 is 10.2 Å². The van der Waals surface area contributed by atoms with Gasteiger partial charge in [0.2, 0.25) is 5.91 Å². The van der Waals surface area contributed by atoms with Gasteiger partial charge in [0.25, 0.3) is 10.2 Å². The Hall–Kier alpha value is -1.64. The van der Waals surface area contributed by atoms with Gasteiger partial charge in [-0.1, -0.05) is 25.1 Å². The molecular weight excluding hydrogens is 426 g/mol. The second kappa shape index (κ2) is 10.5. The van der Waals surface area contributed by atoms with Crippen molar-refractivity contribution in [1.82, 2.24) is 13.5 Å². The van der Waals surface area contributed by atoms with Crippen molar-refractivity contribution in [1.29, 1.82) is 0 Å². The molecule has 1 amide bonds. The lowest BCUT2D eigenvalue weighted by molar-refractivity contribution is -0.135. The van der Waals surface area contributed by atoms with Crippen molar-refractivity contribution >= 4 is 16.1 Å². The van der Waals surface area contributed by atoms with Crippen molar-refractivity contribution in [2.75, 3.05) is 45.9 Å². The number of ether oxygens (including phenoxy) is 1. The Kier molecular flexibility index (Phi) is 7.74. The summed E-state index contributed by atoms with van der Waals surface area (Å²) < 4.78 is 35.0. The Balaban J connectivity index is 1.20. The maximum atomic E-state index is 13.1. The summed E-state index contributed by atoms with van der Waals surface area (Å²) in [4.78, 5) is 15.0. The average molecular weight is 464 g/mol. The molecule has 8 heteroatoms. The minimum absolute atomic E-state index is 0.0536. The van der Waals surface area contributed by atoms with E-state index in [9.17, 15) is 13.2 Å². The molecule has 1 aromatic rings. The van der Waals surface area contributed by atoms with E-state index in [2.05, 4.69) is 6.92 Å². The lowest BCUT2D eigenvalue weighted by atomic mass is 9.96. The number of hydrogen-bond donors (Lipinski definition) is 0. The molecule has 7 nitrogen and oxygen atoms in total. The molecule has 3 aliphatic heterocycles. The number of nitrogens with zero attached hydrogens (tertiary/aromatic N) is 3. The van der Waals surface area contributed by atoms with Gasteiger partial charge < -0.3 is 9.64 Å². The van der Waals surface area contributed by atoms with E-state index in [0.29, 0.717) is 57.5 Å². The number of carbonyl (C=O) groups is 1. The fraction of sp³-hybridized carbons (Fsp3) is 0.708. The molecule has 3 heterocycles. The number of amides is 1. The molecule has 1 atom stereocenters. The molecular formula is C24H37N3O4S. The molecule has 3 aliphatic rings. The molecule has 0 spiro atoms. The van der Waals surface area contributed by atoms with Crippen LogP contribution in [0.1, 0.15) is 45.4 Å². The lowest BCUT2D eigenvalue weighted by Crippen LogP contribution is -2.50. The fourth-order valence-corrected chi connectivity index (χ4v) is 6.77. The summed E-state index contributed by atoms with van der Waals surface area (Å²) in [5.41, 5.74) is 0. The van der Waals surface area contributed by atoms with Gasteiger partial charge in [0.05, 0.1) is 6.61 Å². The van der Waals surface area contributed by atoms with Crippen LogP contribution in [-0.2, 0) is 15.0 Å². The van der Waals surface area contributed by atoms with E-state index in [-0.39, 0.29) is 11.8 Å². The number of para-hydroxylation sites is 1. The summed E-state index contributed by atoms with van der Waals surface area (Å²) in [5.74, 6) is 2.12. The smallest absolute Gasteiger partial charge is 0.281 e. The Bertz CT molecular complexity index is 847. The molecule has 3 fully saturated rings. The van der Waals surface area contributed by atoms with E-state index in [4.69, 9.17) is 4.74 Å². The van der Waals surface area contributed by atoms with Gasteiger partial charge >= 0.3 is 0 Å². The highest BCUT2D eigenvalue weighted by Gasteiger charge is 2.38. The van der Waals surface area contributed by atoms with Gasteiger partial charge in [-0.3, -0.25) is 4.79 Å². The maximum absolute atomic E-state index is 13.1. The summed E-state index contributed by atoms with van der Waals surface area (Å²) in [6.07, 6.45) is 5.08. The predicted octanol–water partition coefficient (Wildman–Crippen LogP) is 2.99. The first kappa shape index (κ1) is 23.5. The SMILES string of the molecule is CC1CCN(S(=O)(=O)N2CCC(C(=O)N3CCC(CCOc4ccccc4)C3)CC2)CC1. The molecule has 32 heavy (non-hydrogen) atoms. The lowest BCUT2D eigenvalue weighted by Gasteiger charge is -2.37. The second-order valence-corrected chi connectivity index (χ2v) is 11.6. The third kappa shape index (κ3) is 5.64. The average Bonchev–Trinajstić information content (AvgIpc) is 3.28. The maximum Gasteiger partial charge on any atom is 0.281 e. The number of likely N-dealkylation sites (tertiary alicyclic amines) is 1. The predicted molar refractivity (Wildman–Crippen MR) is 124 cm³/mol. The monoisotopic (exact) mass is 463 g/mol. The van der Waals surface area contributed by atoms with Crippen LogP contribution in [-0.4, -0.2) is 73.7 Å². The van der Waals surface area contributed by atoms with Crippen LogP contribution in [0.2, 0.25) is 0 Å². The van der Waals surface area contributed by atoms with Crippen LogP contribution in [0.15, 0.2) is 30.3 Å². The summed E-state index contributed by atoms with van der Waals surface area (Å²) in [6.45, 7) is 6.58. The van der Waals surface area contributed by atoms with Crippen LogP contribution in [0.25, 0.3) is 0 Å². The first-order chi connectivity index (χ1) is 15.4. The van der Waals surface area contributed by atoms with Crippen molar-refractivity contribution in [3.05, 3.63) is 30.3 Å². The molecule has 0 saturated carbocycles. The topological polar surface area (TPSA) is 70.2 Å². The molecule has 1 unspecified atom stereocenters. The van der Waals surface area contributed by atoms with E-state index in [0.717, 1.165) is 44.5 Å². The first-order valence-corrected chi connectivity index (χ1v) is 13.5. The largest absolute Gasteiger partial charge is 0.494 e. The molecule has 0 aromatic heterocycles.